The third-order valence-electron chi connectivity index (χ3n) is 4.46. The number of hydrogen-bond donors (Lipinski definition) is 0. The first-order valence-corrected chi connectivity index (χ1v) is 8.57. The van der Waals surface area contributed by atoms with Crippen molar-refractivity contribution < 1.29 is 0 Å². The lowest BCUT2D eigenvalue weighted by Gasteiger charge is -2.36. The maximum Gasteiger partial charge on any atom is 0.135 e. The van der Waals surface area contributed by atoms with E-state index in [2.05, 4.69) is 50.4 Å². The Morgan fingerprint density at radius 2 is 1.58 bits per heavy atom. The monoisotopic (exact) mass is 337 g/mol. The molecule has 1 aromatic heterocycles. The molecule has 0 N–H and O–H groups in total. The van der Waals surface area contributed by atoms with Crippen molar-refractivity contribution in [3.63, 3.8) is 0 Å². The number of rotatable bonds is 3. The summed E-state index contributed by atoms with van der Waals surface area (Å²) < 4.78 is 2.58. The molecule has 0 spiro atoms. The maximum absolute atomic E-state index is 5.59. The van der Waals surface area contributed by atoms with E-state index in [1.54, 1.807) is 0 Å². The van der Waals surface area contributed by atoms with Crippen LogP contribution < -0.4 is 4.90 Å². The Bertz CT molecular complexity index is 885. The molecule has 2 aromatic carbocycles. The van der Waals surface area contributed by atoms with Crippen LogP contribution in [0.1, 0.15) is 0 Å². The molecule has 0 atom stereocenters. The van der Waals surface area contributed by atoms with Gasteiger partial charge in [0, 0.05) is 37.3 Å². The van der Waals surface area contributed by atoms with Gasteiger partial charge in [0.25, 0.3) is 0 Å². The summed E-state index contributed by atoms with van der Waals surface area (Å²) >= 11 is 5.59. The molecule has 1 saturated heterocycles. The van der Waals surface area contributed by atoms with E-state index in [1.165, 1.54) is 5.69 Å². The van der Waals surface area contributed by atoms with Gasteiger partial charge < -0.3 is 4.90 Å². The molecule has 1 fully saturated rings. The van der Waals surface area contributed by atoms with Crippen LogP contribution in [0.5, 0.6) is 0 Å². The Kier molecular flexibility index (Phi) is 4.23. The minimum absolute atomic E-state index is 0.694. The first-order valence-electron chi connectivity index (χ1n) is 8.16. The number of piperazine rings is 1. The molecule has 6 heteroatoms. The van der Waals surface area contributed by atoms with Gasteiger partial charge in [0.1, 0.15) is 4.64 Å². The standard InChI is InChI=1S/C18H19N5S/c24-18-16-8-4-5-9-17(16)19-20-23(18)14-21-10-12-22(13-11-21)15-6-2-1-3-7-15/h1-9H,10-14H2. The van der Waals surface area contributed by atoms with E-state index < -0.39 is 0 Å². The second-order valence-electron chi connectivity index (χ2n) is 5.99. The highest BCUT2D eigenvalue weighted by molar-refractivity contribution is 7.71. The average molecular weight is 337 g/mol. The third-order valence-corrected chi connectivity index (χ3v) is 4.89. The van der Waals surface area contributed by atoms with E-state index in [1.807, 2.05) is 28.9 Å². The van der Waals surface area contributed by atoms with E-state index in [4.69, 9.17) is 12.2 Å². The Morgan fingerprint density at radius 1 is 0.875 bits per heavy atom. The zero-order chi connectivity index (χ0) is 16.4. The molecule has 0 aliphatic carbocycles. The molecule has 3 aromatic rings. The van der Waals surface area contributed by atoms with Gasteiger partial charge in [-0.3, -0.25) is 4.90 Å². The quantitative estimate of drug-likeness (QED) is 0.687. The zero-order valence-electron chi connectivity index (χ0n) is 13.4. The van der Waals surface area contributed by atoms with Gasteiger partial charge in [-0.1, -0.05) is 47.8 Å². The van der Waals surface area contributed by atoms with Crippen molar-refractivity contribution in [2.45, 2.75) is 6.67 Å². The fraction of sp³-hybridized carbons (Fsp3) is 0.278. The fourth-order valence-corrected chi connectivity index (χ4v) is 3.36. The van der Waals surface area contributed by atoms with Crippen LogP contribution in [0, 0.1) is 4.64 Å². The summed E-state index contributed by atoms with van der Waals surface area (Å²) in [5.41, 5.74) is 2.15. The smallest absolute Gasteiger partial charge is 0.135 e. The molecule has 0 amide bonds. The molecular weight excluding hydrogens is 318 g/mol. The largest absolute Gasteiger partial charge is 0.369 e. The Hall–Kier alpha value is -2.31. The van der Waals surface area contributed by atoms with E-state index in [0.29, 0.717) is 6.67 Å². The number of nitrogens with zero attached hydrogens (tertiary/aromatic N) is 5. The number of fused-ring (bicyclic) bond motifs is 1. The van der Waals surface area contributed by atoms with Crippen molar-refractivity contribution in [2.75, 3.05) is 31.1 Å². The summed E-state index contributed by atoms with van der Waals surface area (Å²) in [4.78, 5) is 4.79. The van der Waals surface area contributed by atoms with Crippen LogP contribution in [0.4, 0.5) is 5.69 Å². The minimum Gasteiger partial charge on any atom is -0.369 e. The van der Waals surface area contributed by atoms with Gasteiger partial charge in [-0.25, -0.2) is 4.68 Å². The van der Waals surface area contributed by atoms with Crippen molar-refractivity contribution in [1.82, 2.24) is 19.9 Å². The lowest BCUT2D eigenvalue weighted by molar-refractivity contribution is 0.191. The zero-order valence-corrected chi connectivity index (χ0v) is 14.2. The molecule has 1 aliphatic rings. The van der Waals surface area contributed by atoms with Crippen LogP contribution in [0.2, 0.25) is 0 Å². The lowest BCUT2D eigenvalue weighted by atomic mass is 10.2. The first kappa shape index (κ1) is 15.2. The van der Waals surface area contributed by atoms with Crippen molar-refractivity contribution >= 4 is 28.8 Å². The van der Waals surface area contributed by atoms with Gasteiger partial charge in [0.15, 0.2) is 0 Å². The highest BCUT2D eigenvalue weighted by Crippen LogP contribution is 2.16. The number of para-hydroxylation sites is 1. The fourth-order valence-electron chi connectivity index (χ4n) is 3.09. The van der Waals surface area contributed by atoms with Gasteiger partial charge in [-0.15, -0.1) is 5.10 Å². The molecule has 0 saturated carbocycles. The Labute approximate surface area is 146 Å². The molecule has 0 unspecified atom stereocenters. The molecule has 24 heavy (non-hydrogen) atoms. The summed E-state index contributed by atoms with van der Waals surface area (Å²) in [6.45, 7) is 4.70. The van der Waals surface area contributed by atoms with E-state index in [9.17, 15) is 0 Å². The molecule has 2 heterocycles. The predicted molar refractivity (Wildman–Crippen MR) is 98.6 cm³/mol. The van der Waals surface area contributed by atoms with Crippen molar-refractivity contribution in [3.8, 4) is 0 Å². The summed E-state index contributed by atoms with van der Waals surface area (Å²) in [7, 11) is 0. The molecule has 0 radical (unpaired) electrons. The average Bonchev–Trinajstić information content (AvgIpc) is 2.66. The molecule has 4 rings (SSSR count). The highest BCUT2D eigenvalue weighted by atomic mass is 32.1. The highest BCUT2D eigenvalue weighted by Gasteiger charge is 2.17. The molecule has 5 nitrogen and oxygen atoms in total. The second kappa shape index (κ2) is 6.67. The van der Waals surface area contributed by atoms with Crippen LogP contribution >= 0.6 is 12.2 Å². The Morgan fingerprint density at radius 3 is 2.38 bits per heavy atom. The van der Waals surface area contributed by atoms with Crippen LogP contribution in [-0.2, 0) is 6.67 Å². The number of anilines is 1. The molecular formula is C18H19N5S. The van der Waals surface area contributed by atoms with Gasteiger partial charge in [-0.05, 0) is 24.3 Å². The summed E-state index contributed by atoms with van der Waals surface area (Å²) in [6, 6.07) is 18.5. The summed E-state index contributed by atoms with van der Waals surface area (Å²) in [5, 5.41) is 9.56. The molecule has 122 valence electrons. The van der Waals surface area contributed by atoms with Crippen molar-refractivity contribution in [1.29, 1.82) is 0 Å². The third kappa shape index (κ3) is 3.02. The van der Waals surface area contributed by atoms with Gasteiger partial charge >= 0.3 is 0 Å². The lowest BCUT2D eigenvalue weighted by Crippen LogP contribution is -2.47. The summed E-state index contributed by atoms with van der Waals surface area (Å²) in [6.07, 6.45) is 0. The van der Waals surface area contributed by atoms with Crippen LogP contribution in [0.25, 0.3) is 10.9 Å². The van der Waals surface area contributed by atoms with Crippen LogP contribution in [-0.4, -0.2) is 46.1 Å². The number of benzene rings is 2. The normalized spacial score (nSPS) is 15.8. The van der Waals surface area contributed by atoms with E-state index in [-0.39, 0.29) is 0 Å². The first-order chi connectivity index (χ1) is 11.8. The molecule has 1 aliphatic heterocycles. The van der Waals surface area contributed by atoms with Crippen molar-refractivity contribution in [3.05, 3.63) is 59.2 Å². The van der Waals surface area contributed by atoms with E-state index >= 15 is 0 Å². The maximum atomic E-state index is 5.59. The van der Waals surface area contributed by atoms with Gasteiger partial charge in [0.05, 0.1) is 12.2 Å². The predicted octanol–water partition coefficient (Wildman–Crippen LogP) is 2.94. The van der Waals surface area contributed by atoms with Crippen molar-refractivity contribution in [2.24, 2.45) is 0 Å². The number of hydrogen-bond acceptors (Lipinski definition) is 5. The topological polar surface area (TPSA) is 37.2 Å². The summed E-state index contributed by atoms with van der Waals surface area (Å²) in [5.74, 6) is 0. The van der Waals surface area contributed by atoms with Crippen LogP contribution in [0.15, 0.2) is 54.6 Å². The van der Waals surface area contributed by atoms with Crippen LogP contribution in [0.3, 0.4) is 0 Å². The second-order valence-corrected chi connectivity index (χ2v) is 6.38. The van der Waals surface area contributed by atoms with E-state index in [0.717, 1.165) is 41.7 Å². The molecule has 0 bridgehead atoms. The van der Waals surface area contributed by atoms with Gasteiger partial charge in [-0.2, -0.15) is 0 Å². The number of aromatic nitrogens is 3. The van der Waals surface area contributed by atoms with Gasteiger partial charge in [0.2, 0.25) is 0 Å². The minimum atomic E-state index is 0.694. The Balaban J connectivity index is 1.46. The SMILES string of the molecule is S=c1c2ccccc2nnn1CN1CCN(c2ccccc2)CC1.